The van der Waals surface area contributed by atoms with Crippen molar-refractivity contribution in [3.63, 3.8) is 0 Å². The molecule has 0 saturated heterocycles. The summed E-state index contributed by atoms with van der Waals surface area (Å²) in [6.45, 7) is 2.38. The van der Waals surface area contributed by atoms with Crippen molar-refractivity contribution in [1.82, 2.24) is 5.32 Å². The SMILES string of the molecule is Cc1ccc(/C=C/C(=O)NCc2ccc(N(C)C)cc2)o1. The molecule has 2 rings (SSSR count). The largest absolute Gasteiger partial charge is 0.462 e. The molecule has 1 amide bonds. The maximum atomic E-state index is 11.7. The fourth-order valence-electron chi connectivity index (χ4n) is 1.86. The van der Waals surface area contributed by atoms with Gasteiger partial charge in [0.2, 0.25) is 5.91 Å². The van der Waals surface area contributed by atoms with Crippen LogP contribution in [0.25, 0.3) is 6.08 Å². The molecule has 4 nitrogen and oxygen atoms in total. The number of benzene rings is 1. The van der Waals surface area contributed by atoms with E-state index in [4.69, 9.17) is 4.42 Å². The Morgan fingerprint density at radius 3 is 2.48 bits per heavy atom. The minimum absolute atomic E-state index is 0.138. The second-order valence-electron chi connectivity index (χ2n) is 5.06. The highest BCUT2D eigenvalue weighted by molar-refractivity contribution is 5.91. The summed E-state index contributed by atoms with van der Waals surface area (Å²) in [6.07, 6.45) is 3.14. The molecule has 0 saturated carbocycles. The normalized spacial score (nSPS) is 10.8. The van der Waals surface area contributed by atoms with Gasteiger partial charge in [-0.05, 0) is 42.8 Å². The van der Waals surface area contributed by atoms with Gasteiger partial charge in [0.25, 0.3) is 0 Å². The molecule has 1 N–H and O–H groups in total. The predicted octanol–water partition coefficient (Wildman–Crippen LogP) is 2.98. The Morgan fingerprint density at radius 1 is 1.19 bits per heavy atom. The highest BCUT2D eigenvalue weighted by atomic mass is 16.3. The molecule has 2 aromatic rings. The van der Waals surface area contributed by atoms with Crippen LogP contribution < -0.4 is 10.2 Å². The van der Waals surface area contributed by atoms with E-state index in [0.29, 0.717) is 12.3 Å². The Morgan fingerprint density at radius 2 is 1.90 bits per heavy atom. The summed E-state index contributed by atoms with van der Waals surface area (Å²) in [4.78, 5) is 13.8. The molecule has 1 heterocycles. The Hall–Kier alpha value is -2.49. The molecule has 0 atom stereocenters. The number of furan rings is 1. The van der Waals surface area contributed by atoms with Gasteiger partial charge in [-0.25, -0.2) is 0 Å². The molecule has 0 aliphatic heterocycles. The van der Waals surface area contributed by atoms with Crippen molar-refractivity contribution in [3.05, 3.63) is 59.6 Å². The van der Waals surface area contributed by atoms with E-state index in [1.54, 1.807) is 6.08 Å². The van der Waals surface area contributed by atoms with Crippen LogP contribution in [0.2, 0.25) is 0 Å². The smallest absolute Gasteiger partial charge is 0.244 e. The first-order valence-corrected chi connectivity index (χ1v) is 6.83. The highest BCUT2D eigenvalue weighted by Crippen LogP contribution is 2.12. The summed E-state index contributed by atoms with van der Waals surface area (Å²) in [7, 11) is 4.00. The van der Waals surface area contributed by atoms with Gasteiger partial charge in [-0.2, -0.15) is 0 Å². The first-order valence-electron chi connectivity index (χ1n) is 6.83. The summed E-state index contributed by atoms with van der Waals surface area (Å²) in [5, 5.41) is 2.84. The summed E-state index contributed by atoms with van der Waals surface area (Å²) >= 11 is 0. The molecule has 0 fully saturated rings. The van der Waals surface area contributed by atoms with E-state index in [9.17, 15) is 4.79 Å². The lowest BCUT2D eigenvalue weighted by Crippen LogP contribution is -2.20. The van der Waals surface area contributed by atoms with Crippen molar-refractivity contribution in [1.29, 1.82) is 0 Å². The van der Waals surface area contributed by atoms with E-state index >= 15 is 0 Å². The average Bonchev–Trinajstić information content (AvgIpc) is 2.89. The van der Waals surface area contributed by atoms with Crippen molar-refractivity contribution < 1.29 is 9.21 Å². The third-order valence-corrected chi connectivity index (χ3v) is 3.08. The van der Waals surface area contributed by atoms with E-state index in [1.165, 1.54) is 6.08 Å². The summed E-state index contributed by atoms with van der Waals surface area (Å²) in [6, 6.07) is 11.8. The van der Waals surface area contributed by atoms with Crippen molar-refractivity contribution >= 4 is 17.7 Å². The molecule has 0 unspecified atom stereocenters. The van der Waals surface area contributed by atoms with Gasteiger partial charge >= 0.3 is 0 Å². The van der Waals surface area contributed by atoms with E-state index in [1.807, 2.05) is 62.3 Å². The van der Waals surface area contributed by atoms with Crippen LogP contribution in [0.1, 0.15) is 17.1 Å². The standard InChI is InChI=1S/C17H20N2O2/c1-13-4-9-16(21-13)10-11-17(20)18-12-14-5-7-15(8-6-14)19(2)3/h4-11H,12H2,1-3H3,(H,18,20)/b11-10+. The minimum atomic E-state index is -0.138. The number of aryl methyl sites for hydroxylation is 1. The number of amides is 1. The molecule has 0 bridgehead atoms. The Labute approximate surface area is 125 Å². The Balaban J connectivity index is 1.84. The van der Waals surface area contributed by atoms with Crippen molar-refractivity contribution in [2.45, 2.75) is 13.5 Å². The van der Waals surface area contributed by atoms with Crippen LogP contribution in [-0.2, 0) is 11.3 Å². The quantitative estimate of drug-likeness (QED) is 0.859. The van der Waals surface area contributed by atoms with E-state index in [0.717, 1.165) is 17.0 Å². The molecule has 1 aromatic carbocycles. The van der Waals surface area contributed by atoms with Gasteiger partial charge in [0.1, 0.15) is 11.5 Å². The predicted molar refractivity (Wildman–Crippen MR) is 85.1 cm³/mol. The number of hydrogen-bond donors (Lipinski definition) is 1. The number of hydrogen-bond acceptors (Lipinski definition) is 3. The third-order valence-electron chi connectivity index (χ3n) is 3.08. The molecule has 110 valence electrons. The lowest BCUT2D eigenvalue weighted by atomic mass is 10.2. The lowest BCUT2D eigenvalue weighted by molar-refractivity contribution is -0.116. The molecule has 0 aliphatic rings. The number of carbonyl (C=O) groups excluding carboxylic acids is 1. The van der Waals surface area contributed by atoms with Crippen LogP contribution in [-0.4, -0.2) is 20.0 Å². The van der Waals surface area contributed by atoms with Gasteiger partial charge in [0.05, 0.1) is 0 Å². The van der Waals surface area contributed by atoms with Gasteiger partial charge in [-0.1, -0.05) is 12.1 Å². The molecule has 1 aromatic heterocycles. The van der Waals surface area contributed by atoms with Gasteiger partial charge in [0.15, 0.2) is 0 Å². The van der Waals surface area contributed by atoms with Crippen LogP contribution in [0.3, 0.4) is 0 Å². The summed E-state index contributed by atoms with van der Waals surface area (Å²) in [5.41, 5.74) is 2.20. The van der Waals surface area contributed by atoms with Crippen molar-refractivity contribution in [3.8, 4) is 0 Å². The second-order valence-corrected chi connectivity index (χ2v) is 5.06. The maximum absolute atomic E-state index is 11.7. The molecule has 0 spiro atoms. The fourth-order valence-corrected chi connectivity index (χ4v) is 1.86. The first-order chi connectivity index (χ1) is 10.0. The van der Waals surface area contributed by atoms with E-state index in [-0.39, 0.29) is 5.91 Å². The number of nitrogens with one attached hydrogen (secondary N) is 1. The van der Waals surface area contributed by atoms with Gasteiger partial charge in [-0.15, -0.1) is 0 Å². The van der Waals surface area contributed by atoms with Crippen LogP contribution in [0.15, 0.2) is 46.9 Å². The van der Waals surface area contributed by atoms with Gasteiger partial charge in [0, 0.05) is 32.4 Å². The summed E-state index contributed by atoms with van der Waals surface area (Å²) in [5.74, 6) is 1.37. The first kappa shape index (κ1) is 14.9. The van der Waals surface area contributed by atoms with Gasteiger partial charge < -0.3 is 14.6 Å². The lowest BCUT2D eigenvalue weighted by Gasteiger charge is -2.12. The van der Waals surface area contributed by atoms with Crippen LogP contribution in [0.5, 0.6) is 0 Å². The van der Waals surface area contributed by atoms with Crippen LogP contribution >= 0.6 is 0 Å². The molecule has 21 heavy (non-hydrogen) atoms. The van der Waals surface area contributed by atoms with Crippen molar-refractivity contribution in [2.24, 2.45) is 0 Å². The number of anilines is 1. The molecule has 0 radical (unpaired) electrons. The molecular formula is C17H20N2O2. The molecule has 0 aliphatic carbocycles. The Bertz CT molecular complexity index is 624. The van der Waals surface area contributed by atoms with Crippen molar-refractivity contribution in [2.75, 3.05) is 19.0 Å². The molecule has 4 heteroatoms. The highest BCUT2D eigenvalue weighted by Gasteiger charge is 1.99. The maximum Gasteiger partial charge on any atom is 0.244 e. The van der Waals surface area contributed by atoms with Crippen LogP contribution in [0.4, 0.5) is 5.69 Å². The topological polar surface area (TPSA) is 45.5 Å². The van der Waals surface area contributed by atoms with Gasteiger partial charge in [-0.3, -0.25) is 4.79 Å². The Kier molecular flexibility index (Phi) is 4.82. The minimum Gasteiger partial charge on any atom is -0.462 e. The zero-order valence-electron chi connectivity index (χ0n) is 12.6. The van der Waals surface area contributed by atoms with E-state index in [2.05, 4.69) is 5.32 Å². The third kappa shape index (κ3) is 4.53. The second kappa shape index (κ2) is 6.79. The zero-order valence-corrected chi connectivity index (χ0v) is 12.6. The zero-order chi connectivity index (χ0) is 15.2. The number of rotatable bonds is 5. The fraction of sp³-hybridized carbons (Fsp3) is 0.235. The summed E-state index contributed by atoms with van der Waals surface area (Å²) < 4.78 is 5.36. The van der Waals surface area contributed by atoms with Crippen LogP contribution in [0, 0.1) is 6.92 Å². The number of nitrogens with zero attached hydrogens (tertiary/aromatic N) is 1. The molecular weight excluding hydrogens is 264 g/mol. The number of carbonyl (C=O) groups is 1. The monoisotopic (exact) mass is 284 g/mol. The van der Waals surface area contributed by atoms with E-state index < -0.39 is 0 Å². The average molecular weight is 284 g/mol.